The van der Waals surface area contributed by atoms with E-state index in [2.05, 4.69) is 72.0 Å². The predicted octanol–water partition coefficient (Wildman–Crippen LogP) is 6.32. The Bertz CT molecular complexity index is 1360. The van der Waals surface area contributed by atoms with Crippen LogP contribution in [0, 0.1) is 12.8 Å². The number of carbonyl (C=O) groups excluding carboxylic acids is 1. The first kappa shape index (κ1) is 21.9. The molecule has 0 aliphatic heterocycles. The number of hydrogen-bond acceptors (Lipinski definition) is 5. The van der Waals surface area contributed by atoms with Gasteiger partial charge in [0.25, 0.3) is 5.89 Å². The fraction of sp³-hybridized carbons (Fsp3) is 0.300. The average molecular weight is 464 g/mol. The third-order valence-electron chi connectivity index (χ3n) is 7.50. The second-order valence-corrected chi connectivity index (χ2v) is 9.91. The summed E-state index contributed by atoms with van der Waals surface area (Å²) in [6.45, 7) is 2.11. The Morgan fingerprint density at radius 1 is 0.971 bits per heavy atom. The van der Waals surface area contributed by atoms with E-state index in [0.29, 0.717) is 23.8 Å². The Hall–Kier alpha value is -3.57. The van der Waals surface area contributed by atoms with Crippen molar-refractivity contribution in [3.05, 3.63) is 83.4 Å². The molecule has 1 N–H and O–H groups in total. The molecule has 1 heterocycles. The van der Waals surface area contributed by atoms with Gasteiger partial charge in [0.15, 0.2) is 0 Å². The highest BCUT2D eigenvalue weighted by molar-refractivity contribution is 5.71. The number of nitrogens with one attached hydrogen (secondary N) is 1. The standard InChI is InChI=1S/C30H29N3O2/c1-19-14-24(11-12-26(19)21-6-3-2-4-7-21)30-32-29(33-35-30)23-10-13-27-22(17-23)8-5-9-28(27)31-25-15-20(16-25)18-34/h2-4,6-7,10-14,17-18,20,25,28,31H,5,8-9,15-16H2,1H3/t20?,25?,28-/m0/s1. The normalized spacial score (nSPS) is 21.2. The minimum absolute atomic E-state index is 0.240. The molecule has 0 amide bonds. The number of aromatic nitrogens is 2. The Morgan fingerprint density at radius 2 is 1.80 bits per heavy atom. The summed E-state index contributed by atoms with van der Waals surface area (Å²) in [7, 11) is 0. The summed E-state index contributed by atoms with van der Waals surface area (Å²) >= 11 is 0. The molecule has 1 aromatic heterocycles. The Kier molecular flexibility index (Phi) is 5.78. The van der Waals surface area contributed by atoms with E-state index < -0.39 is 0 Å². The van der Waals surface area contributed by atoms with Crippen LogP contribution >= 0.6 is 0 Å². The van der Waals surface area contributed by atoms with Gasteiger partial charge in [0.1, 0.15) is 6.29 Å². The van der Waals surface area contributed by atoms with Crippen LogP contribution in [0.15, 0.2) is 71.3 Å². The summed E-state index contributed by atoms with van der Waals surface area (Å²) in [5.41, 5.74) is 8.21. The van der Waals surface area contributed by atoms with Gasteiger partial charge in [-0.3, -0.25) is 0 Å². The molecule has 1 fully saturated rings. The van der Waals surface area contributed by atoms with Gasteiger partial charge in [-0.05, 0) is 85.0 Å². The first-order valence-electron chi connectivity index (χ1n) is 12.5. The van der Waals surface area contributed by atoms with Crippen molar-refractivity contribution in [3.63, 3.8) is 0 Å². The summed E-state index contributed by atoms with van der Waals surface area (Å²) in [5, 5.41) is 8.07. The largest absolute Gasteiger partial charge is 0.334 e. The van der Waals surface area contributed by atoms with Crippen molar-refractivity contribution in [2.75, 3.05) is 0 Å². The minimum Gasteiger partial charge on any atom is -0.334 e. The molecule has 5 nitrogen and oxygen atoms in total. The highest BCUT2D eigenvalue weighted by Gasteiger charge is 2.32. The van der Waals surface area contributed by atoms with E-state index >= 15 is 0 Å². The number of aryl methyl sites for hydroxylation is 2. The van der Waals surface area contributed by atoms with Crippen molar-refractivity contribution in [2.24, 2.45) is 5.92 Å². The lowest BCUT2D eigenvalue weighted by atomic mass is 9.79. The van der Waals surface area contributed by atoms with Crippen LogP contribution in [-0.2, 0) is 11.2 Å². The molecule has 35 heavy (non-hydrogen) atoms. The smallest absolute Gasteiger partial charge is 0.258 e. The average Bonchev–Trinajstić information content (AvgIpc) is 3.36. The van der Waals surface area contributed by atoms with Crippen molar-refractivity contribution in [1.29, 1.82) is 0 Å². The minimum atomic E-state index is 0.240. The number of benzene rings is 3. The maximum Gasteiger partial charge on any atom is 0.258 e. The molecule has 6 rings (SSSR count). The van der Waals surface area contributed by atoms with Crippen LogP contribution in [-0.4, -0.2) is 22.5 Å². The monoisotopic (exact) mass is 463 g/mol. The van der Waals surface area contributed by atoms with Crippen molar-refractivity contribution in [1.82, 2.24) is 15.5 Å². The van der Waals surface area contributed by atoms with E-state index in [9.17, 15) is 4.79 Å². The fourth-order valence-electron chi connectivity index (χ4n) is 5.52. The Balaban J connectivity index is 1.21. The quantitative estimate of drug-likeness (QED) is 0.339. The molecule has 0 saturated heterocycles. The number of hydrogen-bond donors (Lipinski definition) is 1. The van der Waals surface area contributed by atoms with Crippen LogP contribution in [0.1, 0.15) is 48.4 Å². The lowest BCUT2D eigenvalue weighted by molar-refractivity contribution is -0.113. The van der Waals surface area contributed by atoms with Crippen LogP contribution in [0.25, 0.3) is 34.0 Å². The summed E-state index contributed by atoms with van der Waals surface area (Å²) in [6, 6.07) is 24.0. The molecule has 0 bridgehead atoms. The van der Waals surface area contributed by atoms with Gasteiger partial charge in [-0.25, -0.2) is 0 Å². The van der Waals surface area contributed by atoms with Crippen LogP contribution < -0.4 is 5.32 Å². The second kappa shape index (κ2) is 9.23. The number of rotatable bonds is 6. The zero-order valence-corrected chi connectivity index (χ0v) is 19.9. The molecule has 2 aliphatic carbocycles. The number of fused-ring (bicyclic) bond motifs is 1. The van der Waals surface area contributed by atoms with Crippen LogP contribution in [0.2, 0.25) is 0 Å². The van der Waals surface area contributed by atoms with Crippen LogP contribution in [0.5, 0.6) is 0 Å². The van der Waals surface area contributed by atoms with Gasteiger partial charge in [0.2, 0.25) is 5.82 Å². The summed E-state index contributed by atoms with van der Waals surface area (Å²) in [6.07, 6.45) is 6.38. The second-order valence-electron chi connectivity index (χ2n) is 9.91. The highest BCUT2D eigenvalue weighted by Crippen LogP contribution is 2.36. The molecular weight excluding hydrogens is 434 g/mol. The van der Waals surface area contributed by atoms with Crippen molar-refractivity contribution >= 4 is 6.29 Å². The Labute approximate surface area is 205 Å². The maximum absolute atomic E-state index is 10.9. The van der Waals surface area contributed by atoms with E-state index in [1.165, 1.54) is 27.8 Å². The summed E-state index contributed by atoms with van der Waals surface area (Å²) in [4.78, 5) is 15.7. The summed E-state index contributed by atoms with van der Waals surface area (Å²) < 4.78 is 5.66. The number of carbonyl (C=O) groups is 1. The first-order chi connectivity index (χ1) is 17.2. The molecule has 176 valence electrons. The molecular formula is C30H29N3O2. The van der Waals surface area contributed by atoms with Gasteiger partial charge in [0.05, 0.1) is 0 Å². The molecule has 0 spiro atoms. The first-order valence-corrected chi connectivity index (χ1v) is 12.5. The Morgan fingerprint density at radius 3 is 2.60 bits per heavy atom. The third kappa shape index (κ3) is 4.32. The van der Waals surface area contributed by atoms with E-state index in [0.717, 1.165) is 49.5 Å². The third-order valence-corrected chi connectivity index (χ3v) is 7.50. The predicted molar refractivity (Wildman–Crippen MR) is 137 cm³/mol. The topological polar surface area (TPSA) is 68.0 Å². The highest BCUT2D eigenvalue weighted by atomic mass is 16.5. The number of nitrogens with zero attached hydrogens (tertiary/aromatic N) is 2. The lowest BCUT2D eigenvalue weighted by Gasteiger charge is -2.37. The molecule has 2 aliphatic rings. The van der Waals surface area contributed by atoms with E-state index in [1.54, 1.807) is 0 Å². The van der Waals surface area contributed by atoms with E-state index in [4.69, 9.17) is 9.51 Å². The van der Waals surface area contributed by atoms with Crippen molar-refractivity contribution in [2.45, 2.75) is 51.1 Å². The van der Waals surface area contributed by atoms with Crippen molar-refractivity contribution in [3.8, 4) is 34.0 Å². The van der Waals surface area contributed by atoms with E-state index in [-0.39, 0.29) is 5.92 Å². The molecule has 1 saturated carbocycles. The SMILES string of the molecule is Cc1cc(-c2nc(-c3ccc4c(c3)CCC[C@@H]4NC3CC(C=O)C3)no2)ccc1-c1ccccc1. The molecule has 4 aromatic rings. The van der Waals surface area contributed by atoms with Gasteiger partial charge in [-0.1, -0.05) is 53.7 Å². The van der Waals surface area contributed by atoms with Crippen molar-refractivity contribution < 1.29 is 9.32 Å². The number of aldehydes is 1. The van der Waals surface area contributed by atoms with Gasteiger partial charge in [-0.15, -0.1) is 0 Å². The van der Waals surface area contributed by atoms with Crippen LogP contribution in [0.3, 0.4) is 0 Å². The summed E-state index contributed by atoms with van der Waals surface area (Å²) in [5.74, 6) is 1.40. The van der Waals surface area contributed by atoms with Crippen LogP contribution in [0.4, 0.5) is 0 Å². The maximum atomic E-state index is 10.9. The fourth-order valence-corrected chi connectivity index (χ4v) is 5.52. The zero-order chi connectivity index (χ0) is 23.8. The lowest BCUT2D eigenvalue weighted by Crippen LogP contribution is -2.44. The molecule has 3 aromatic carbocycles. The molecule has 5 heteroatoms. The van der Waals surface area contributed by atoms with E-state index in [1.807, 2.05) is 12.1 Å². The molecule has 0 radical (unpaired) electrons. The van der Waals surface area contributed by atoms with Gasteiger partial charge < -0.3 is 14.6 Å². The van der Waals surface area contributed by atoms with Gasteiger partial charge in [0, 0.05) is 29.1 Å². The van der Waals surface area contributed by atoms with Gasteiger partial charge >= 0.3 is 0 Å². The zero-order valence-electron chi connectivity index (χ0n) is 19.9. The molecule has 0 unspecified atom stereocenters. The molecule has 1 atom stereocenters. The van der Waals surface area contributed by atoms with Gasteiger partial charge in [-0.2, -0.15) is 4.98 Å².